The Bertz CT molecular complexity index is 1070. The number of ether oxygens (including phenoxy) is 1. The standard InChI is InChI=1S/C21H19BrClN3O3/c1-14-13-19(27)20(24-26(14)17-7-5-16(23)6-8-17)21(28)25(2)11-12-29-18-9-3-15(22)4-10-18/h3-10,13H,11-12H2,1-2H3. The van der Waals surface area contributed by atoms with Gasteiger partial charge >= 0.3 is 0 Å². The van der Waals surface area contributed by atoms with Crippen molar-refractivity contribution in [3.63, 3.8) is 0 Å². The van der Waals surface area contributed by atoms with E-state index in [1.54, 1.807) is 42.9 Å². The van der Waals surface area contributed by atoms with Crippen molar-refractivity contribution in [1.82, 2.24) is 14.7 Å². The number of halogens is 2. The molecule has 0 atom stereocenters. The van der Waals surface area contributed by atoms with E-state index in [4.69, 9.17) is 16.3 Å². The molecule has 1 amide bonds. The van der Waals surface area contributed by atoms with Gasteiger partial charge in [0.15, 0.2) is 5.69 Å². The zero-order valence-electron chi connectivity index (χ0n) is 15.9. The lowest BCUT2D eigenvalue weighted by molar-refractivity contribution is 0.0764. The number of carbonyl (C=O) groups excluding carboxylic acids is 1. The summed E-state index contributed by atoms with van der Waals surface area (Å²) in [5, 5.41) is 4.88. The second-order valence-electron chi connectivity index (χ2n) is 6.42. The van der Waals surface area contributed by atoms with Gasteiger partial charge in [-0.25, -0.2) is 4.68 Å². The summed E-state index contributed by atoms with van der Waals surface area (Å²) in [6.07, 6.45) is 0. The molecule has 0 aliphatic carbocycles. The van der Waals surface area contributed by atoms with Crippen molar-refractivity contribution in [2.24, 2.45) is 0 Å². The molecule has 0 bridgehead atoms. The van der Waals surface area contributed by atoms with Crippen molar-refractivity contribution in [3.05, 3.63) is 85.7 Å². The van der Waals surface area contributed by atoms with Crippen molar-refractivity contribution < 1.29 is 9.53 Å². The van der Waals surface area contributed by atoms with E-state index in [0.29, 0.717) is 35.3 Å². The Labute approximate surface area is 181 Å². The molecule has 29 heavy (non-hydrogen) atoms. The third kappa shape index (κ3) is 5.25. The van der Waals surface area contributed by atoms with Crippen LogP contribution in [-0.2, 0) is 0 Å². The summed E-state index contributed by atoms with van der Waals surface area (Å²) < 4.78 is 8.15. The minimum absolute atomic E-state index is 0.142. The van der Waals surface area contributed by atoms with E-state index in [1.165, 1.54) is 11.0 Å². The third-order valence-electron chi connectivity index (χ3n) is 4.24. The highest BCUT2D eigenvalue weighted by atomic mass is 79.9. The molecule has 0 radical (unpaired) electrons. The highest BCUT2D eigenvalue weighted by Gasteiger charge is 2.19. The molecule has 8 heteroatoms. The van der Waals surface area contributed by atoms with Crippen LogP contribution in [0.3, 0.4) is 0 Å². The second-order valence-corrected chi connectivity index (χ2v) is 7.77. The molecule has 3 rings (SSSR count). The van der Waals surface area contributed by atoms with E-state index >= 15 is 0 Å². The molecule has 2 aromatic carbocycles. The molecular weight excluding hydrogens is 458 g/mol. The number of benzene rings is 2. The molecule has 0 saturated heterocycles. The van der Waals surface area contributed by atoms with Gasteiger partial charge in [-0.1, -0.05) is 27.5 Å². The van der Waals surface area contributed by atoms with E-state index in [0.717, 1.165) is 4.47 Å². The maximum atomic E-state index is 12.8. The highest BCUT2D eigenvalue weighted by Crippen LogP contribution is 2.16. The Balaban J connectivity index is 1.73. The van der Waals surface area contributed by atoms with Gasteiger partial charge in [0.1, 0.15) is 12.4 Å². The second kappa shape index (κ2) is 9.24. The van der Waals surface area contributed by atoms with Gasteiger partial charge in [0, 0.05) is 28.3 Å². The lowest BCUT2D eigenvalue weighted by Crippen LogP contribution is -2.36. The van der Waals surface area contributed by atoms with E-state index < -0.39 is 11.3 Å². The number of rotatable bonds is 6. The Morgan fingerprint density at radius 2 is 1.83 bits per heavy atom. The van der Waals surface area contributed by atoms with Gasteiger partial charge in [-0.2, -0.15) is 5.10 Å². The number of likely N-dealkylation sites (N-methyl/N-ethyl adjacent to an activating group) is 1. The quantitative estimate of drug-likeness (QED) is 0.537. The van der Waals surface area contributed by atoms with Crippen molar-refractivity contribution in [2.45, 2.75) is 6.92 Å². The van der Waals surface area contributed by atoms with Crippen LogP contribution in [0.4, 0.5) is 0 Å². The van der Waals surface area contributed by atoms with Crippen molar-refractivity contribution in [3.8, 4) is 11.4 Å². The topological polar surface area (TPSA) is 64.4 Å². The number of aromatic nitrogens is 2. The van der Waals surface area contributed by atoms with Crippen LogP contribution in [0.15, 0.2) is 63.9 Å². The maximum absolute atomic E-state index is 12.8. The van der Waals surface area contributed by atoms with Gasteiger partial charge < -0.3 is 9.64 Å². The monoisotopic (exact) mass is 475 g/mol. The summed E-state index contributed by atoms with van der Waals surface area (Å²) in [6, 6.07) is 15.8. The number of aryl methyl sites for hydroxylation is 1. The zero-order chi connectivity index (χ0) is 21.0. The zero-order valence-corrected chi connectivity index (χ0v) is 18.3. The fourth-order valence-electron chi connectivity index (χ4n) is 2.65. The summed E-state index contributed by atoms with van der Waals surface area (Å²) in [6.45, 7) is 2.36. The van der Waals surface area contributed by atoms with Gasteiger partial charge in [-0.3, -0.25) is 9.59 Å². The molecule has 1 aromatic heterocycles. The van der Waals surface area contributed by atoms with Crippen LogP contribution in [0.5, 0.6) is 5.75 Å². The summed E-state index contributed by atoms with van der Waals surface area (Å²) in [7, 11) is 1.61. The van der Waals surface area contributed by atoms with Crippen LogP contribution in [0, 0.1) is 6.92 Å². The average molecular weight is 477 g/mol. The Morgan fingerprint density at radius 3 is 2.48 bits per heavy atom. The number of nitrogens with zero attached hydrogens (tertiary/aromatic N) is 3. The van der Waals surface area contributed by atoms with E-state index in [9.17, 15) is 9.59 Å². The van der Waals surface area contributed by atoms with Crippen molar-refractivity contribution in [1.29, 1.82) is 0 Å². The molecule has 0 aliphatic heterocycles. The minimum Gasteiger partial charge on any atom is -0.492 e. The van der Waals surface area contributed by atoms with Crippen LogP contribution in [-0.4, -0.2) is 40.8 Å². The van der Waals surface area contributed by atoms with Crippen LogP contribution in [0.2, 0.25) is 5.02 Å². The first kappa shape index (κ1) is 21.1. The first-order valence-corrected chi connectivity index (χ1v) is 10.0. The molecule has 0 N–H and O–H groups in total. The number of hydrogen-bond donors (Lipinski definition) is 0. The van der Waals surface area contributed by atoms with Crippen molar-refractivity contribution >= 4 is 33.4 Å². The third-order valence-corrected chi connectivity index (χ3v) is 5.02. The van der Waals surface area contributed by atoms with Gasteiger partial charge in [-0.15, -0.1) is 0 Å². The van der Waals surface area contributed by atoms with Crippen molar-refractivity contribution in [2.75, 3.05) is 20.2 Å². The molecule has 1 heterocycles. The number of amides is 1. The minimum atomic E-state index is -0.461. The first-order valence-electron chi connectivity index (χ1n) is 8.86. The van der Waals surface area contributed by atoms with Crippen LogP contribution >= 0.6 is 27.5 Å². The van der Waals surface area contributed by atoms with E-state index in [-0.39, 0.29) is 5.69 Å². The SMILES string of the molecule is Cc1cc(=O)c(C(=O)N(C)CCOc2ccc(Br)cc2)nn1-c1ccc(Cl)cc1. The first-order chi connectivity index (χ1) is 13.8. The summed E-state index contributed by atoms with van der Waals surface area (Å²) in [5.41, 5.74) is 0.771. The maximum Gasteiger partial charge on any atom is 0.278 e. The fraction of sp³-hybridized carbons (Fsp3) is 0.190. The van der Waals surface area contributed by atoms with E-state index in [2.05, 4.69) is 21.0 Å². The van der Waals surface area contributed by atoms with Crippen LogP contribution < -0.4 is 10.2 Å². The Kier molecular flexibility index (Phi) is 6.71. The Morgan fingerprint density at radius 1 is 1.17 bits per heavy atom. The molecule has 0 saturated carbocycles. The summed E-state index contributed by atoms with van der Waals surface area (Å²) in [5.74, 6) is 0.240. The summed E-state index contributed by atoms with van der Waals surface area (Å²) >= 11 is 9.30. The molecule has 6 nitrogen and oxygen atoms in total. The molecule has 3 aromatic rings. The lowest BCUT2D eigenvalue weighted by Gasteiger charge is -2.18. The molecule has 0 fully saturated rings. The normalized spacial score (nSPS) is 10.6. The molecule has 0 spiro atoms. The molecular formula is C21H19BrClN3O3. The van der Waals surface area contributed by atoms with Gasteiger partial charge in [0.05, 0.1) is 12.2 Å². The van der Waals surface area contributed by atoms with Gasteiger partial charge in [0.2, 0.25) is 5.43 Å². The largest absolute Gasteiger partial charge is 0.492 e. The van der Waals surface area contributed by atoms with Gasteiger partial charge in [-0.05, 0) is 55.5 Å². The fourth-order valence-corrected chi connectivity index (χ4v) is 3.04. The van der Waals surface area contributed by atoms with Gasteiger partial charge in [0.25, 0.3) is 5.91 Å². The summed E-state index contributed by atoms with van der Waals surface area (Å²) in [4.78, 5) is 26.6. The molecule has 0 aliphatic rings. The van der Waals surface area contributed by atoms with E-state index in [1.807, 2.05) is 24.3 Å². The Hall–Kier alpha value is -2.64. The predicted octanol–water partition coefficient (Wildman–Crippen LogP) is 4.11. The lowest BCUT2D eigenvalue weighted by atomic mass is 10.2. The number of carbonyl (C=O) groups is 1. The molecule has 0 unspecified atom stereocenters. The predicted molar refractivity (Wildman–Crippen MR) is 116 cm³/mol. The molecule has 150 valence electrons. The van der Waals surface area contributed by atoms with Crippen LogP contribution in [0.1, 0.15) is 16.2 Å². The highest BCUT2D eigenvalue weighted by molar-refractivity contribution is 9.10. The smallest absolute Gasteiger partial charge is 0.278 e. The van der Waals surface area contributed by atoms with Crippen LogP contribution in [0.25, 0.3) is 5.69 Å². The average Bonchev–Trinajstić information content (AvgIpc) is 2.70. The number of hydrogen-bond acceptors (Lipinski definition) is 4.